The van der Waals surface area contributed by atoms with E-state index in [2.05, 4.69) is 5.32 Å². The minimum atomic E-state index is -1.34. The summed E-state index contributed by atoms with van der Waals surface area (Å²) in [5, 5.41) is 11.7. The Hall–Kier alpha value is -2.11. The lowest BCUT2D eigenvalue weighted by Crippen LogP contribution is -2.57. The number of nitrogens with one attached hydrogen (secondary N) is 1. The summed E-state index contributed by atoms with van der Waals surface area (Å²) in [6.45, 7) is 3.36. The zero-order chi connectivity index (χ0) is 15.3. The average Bonchev–Trinajstić information content (AvgIpc) is 2.44. The third kappa shape index (κ3) is 3.07. The quantitative estimate of drug-likeness (QED) is 0.872. The van der Waals surface area contributed by atoms with Crippen molar-refractivity contribution in [1.82, 2.24) is 5.32 Å². The Labute approximate surface area is 117 Å². The average molecular weight is 282 g/mol. The fraction of sp³-hybridized carbons (Fsp3) is 0.429. The molecule has 0 radical (unpaired) electrons. The number of anilines is 1. The van der Waals surface area contributed by atoms with Crippen LogP contribution in [0.2, 0.25) is 0 Å². The molecule has 0 aliphatic rings. The van der Waals surface area contributed by atoms with Crippen LogP contribution >= 0.6 is 0 Å². The summed E-state index contributed by atoms with van der Waals surface area (Å²) in [5.74, 6) is -1.64. The van der Waals surface area contributed by atoms with Crippen LogP contribution in [0.4, 0.5) is 14.9 Å². The molecule has 20 heavy (non-hydrogen) atoms. The van der Waals surface area contributed by atoms with E-state index in [1.165, 1.54) is 25.2 Å². The number of halogens is 1. The lowest BCUT2D eigenvalue weighted by atomic mass is 9.93. The molecule has 0 bridgehead atoms. The summed E-state index contributed by atoms with van der Waals surface area (Å²) in [4.78, 5) is 24.5. The van der Waals surface area contributed by atoms with E-state index in [4.69, 9.17) is 0 Å². The fourth-order valence-electron chi connectivity index (χ4n) is 1.90. The number of para-hydroxylation sites is 1. The second-order valence-electron chi connectivity index (χ2n) is 4.53. The highest BCUT2D eigenvalue weighted by molar-refractivity contribution is 5.95. The molecule has 0 unspecified atom stereocenters. The molecule has 0 aliphatic heterocycles. The minimum Gasteiger partial charge on any atom is -0.480 e. The van der Waals surface area contributed by atoms with Gasteiger partial charge in [-0.05, 0) is 25.0 Å². The van der Waals surface area contributed by atoms with Gasteiger partial charge >= 0.3 is 12.0 Å². The first-order valence-corrected chi connectivity index (χ1v) is 6.41. The molecule has 1 aromatic rings. The summed E-state index contributed by atoms with van der Waals surface area (Å²) in [7, 11) is 1.39. The first kappa shape index (κ1) is 15.9. The van der Waals surface area contributed by atoms with Crippen molar-refractivity contribution in [2.24, 2.45) is 0 Å². The zero-order valence-corrected chi connectivity index (χ0v) is 11.8. The Kier molecular flexibility index (Phi) is 5.07. The van der Waals surface area contributed by atoms with Gasteiger partial charge < -0.3 is 10.4 Å². The smallest absolute Gasteiger partial charge is 0.329 e. The van der Waals surface area contributed by atoms with Gasteiger partial charge in [-0.3, -0.25) is 4.90 Å². The number of benzene rings is 1. The molecule has 0 aromatic heterocycles. The van der Waals surface area contributed by atoms with E-state index in [1.54, 1.807) is 19.9 Å². The van der Waals surface area contributed by atoms with Crippen molar-refractivity contribution in [3.63, 3.8) is 0 Å². The highest BCUT2D eigenvalue weighted by Crippen LogP contribution is 2.20. The van der Waals surface area contributed by atoms with Crippen LogP contribution in [-0.2, 0) is 4.79 Å². The molecule has 5 nitrogen and oxygen atoms in total. The maximum Gasteiger partial charge on any atom is 0.329 e. The molecular weight excluding hydrogens is 263 g/mol. The van der Waals surface area contributed by atoms with E-state index >= 15 is 0 Å². The number of hydrogen-bond acceptors (Lipinski definition) is 2. The summed E-state index contributed by atoms with van der Waals surface area (Å²) in [6, 6.07) is 5.16. The standard InChI is InChI=1S/C14H19FN2O3/c1-4-14(5-2,12(18)19)16-13(20)17(3)11-9-7-6-8-10(11)15/h6-9H,4-5H2,1-3H3,(H,16,20)(H,18,19). The lowest BCUT2D eigenvalue weighted by molar-refractivity contribution is -0.144. The molecular formula is C14H19FN2O3. The van der Waals surface area contributed by atoms with Crippen molar-refractivity contribution < 1.29 is 19.1 Å². The summed E-state index contributed by atoms with van der Waals surface area (Å²) in [5.41, 5.74) is -1.24. The van der Waals surface area contributed by atoms with Gasteiger partial charge in [0.15, 0.2) is 0 Å². The molecule has 0 heterocycles. The van der Waals surface area contributed by atoms with Crippen LogP contribution < -0.4 is 10.2 Å². The molecule has 0 fully saturated rings. The van der Waals surface area contributed by atoms with Gasteiger partial charge in [-0.15, -0.1) is 0 Å². The van der Waals surface area contributed by atoms with E-state index in [0.717, 1.165) is 4.90 Å². The van der Waals surface area contributed by atoms with Crippen molar-refractivity contribution in [2.75, 3.05) is 11.9 Å². The maximum absolute atomic E-state index is 13.6. The third-order valence-corrected chi connectivity index (χ3v) is 3.48. The van der Waals surface area contributed by atoms with E-state index in [9.17, 15) is 19.1 Å². The monoisotopic (exact) mass is 282 g/mol. The molecule has 6 heteroatoms. The Morgan fingerprint density at radius 1 is 1.30 bits per heavy atom. The van der Waals surface area contributed by atoms with E-state index in [1.807, 2.05) is 0 Å². The number of carboxylic acid groups (broad SMARTS) is 1. The van der Waals surface area contributed by atoms with Crippen LogP contribution in [0.1, 0.15) is 26.7 Å². The van der Waals surface area contributed by atoms with Crippen LogP contribution in [0.25, 0.3) is 0 Å². The van der Waals surface area contributed by atoms with E-state index in [-0.39, 0.29) is 18.5 Å². The number of rotatable bonds is 5. The first-order chi connectivity index (χ1) is 9.38. The zero-order valence-electron chi connectivity index (χ0n) is 11.8. The largest absolute Gasteiger partial charge is 0.480 e. The molecule has 0 saturated carbocycles. The Balaban J connectivity index is 2.96. The fourth-order valence-corrected chi connectivity index (χ4v) is 1.90. The molecule has 1 aromatic carbocycles. The van der Waals surface area contributed by atoms with Gasteiger partial charge in [0.05, 0.1) is 5.69 Å². The van der Waals surface area contributed by atoms with Crippen LogP contribution in [-0.4, -0.2) is 29.7 Å². The molecule has 1 rings (SSSR count). The minimum absolute atomic E-state index is 0.0940. The predicted octanol–water partition coefficient (Wildman–Crippen LogP) is 2.61. The molecule has 0 saturated heterocycles. The SMILES string of the molecule is CCC(CC)(NC(=O)N(C)c1ccccc1F)C(=O)O. The normalized spacial score (nSPS) is 11.0. The number of carbonyl (C=O) groups excluding carboxylic acids is 1. The van der Waals surface area contributed by atoms with Gasteiger partial charge in [0, 0.05) is 7.05 Å². The van der Waals surface area contributed by atoms with Gasteiger partial charge in [0.2, 0.25) is 0 Å². The van der Waals surface area contributed by atoms with Crippen LogP contribution in [0.5, 0.6) is 0 Å². The number of carbonyl (C=O) groups is 2. The second-order valence-corrected chi connectivity index (χ2v) is 4.53. The number of nitrogens with zero attached hydrogens (tertiary/aromatic N) is 1. The number of hydrogen-bond donors (Lipinski definition) is 2. The number of aliphatic carboxylic acids is 1. The van der Waals surface area contributed by atoms with Crippen molar-refractivity contribution in [3.05, 3.63) is 30.1 Å². The Morgan fingerprint density at radius 3 is 2.30 bits per heavy atom. The highest BCUT2D eigenvalue weighted by atomic mass is 19.1. The second kappa shape index (κ2) is 6.36. The number of amides is 2. The van der Waals surface area contributed by atoms with E-state index < -0.39 is 23.4 Å². The summed E-state index contributed by atoms with van der Waals surface area (Å²) in [6.07, 6.45) is 0.491. The molecule has 2 amide bonds. The molecule has 0 spiro atoms. The molecule has 2 N–H and O–H groups in total. The van der Waals surface area contributed by atoms with Gasteiger partial charge in [-0.1, -0.05) is 26.0 Å². The lowest BCUT2D eigenvalue weighted by Gasteiger charge is -2.30. The van der Waals surface area contributed by atoms with E-state index in [0.29, 0.717) is 0 Å². The molecule has 0 aliphatic carbocycles. The number of urea groups is 1. The number of carboxylic acids is 1. The summed E-state index contributed by atoms with van der Waals surface area (Å²) < 4.78 is 13.6. The van der Waals surface area contributed by atoms with Gasteiger partial charge in [-0.25, -0.2) is 14.0 Å². The van der Waals surface area contributed by atoms with Gasteiger partial charge in [0.25, 0.3) is 0 Å². The highest BCUT2D eigenvalue weighted by Gasteiger charge is 2.37. The van der Waals surface area contributed by atoms with Crippen molar-refractivity contribution in [2.45, 2.75) is 32.2 Å². The maximum atomic E-state index is 13.6. The van der Waals surface area contributed by atoms with Crippen LogP contribution in [0, 0.1) is 5.82 Å². The topological polar surface area (TPSA) is 69.6 Å². The van der Waals surface area contributed by atoms with Crippen LogP contribution in [0.3, 0.4) is 0 Å². The molecule has 110 valence electrons. The van der Waals surface area contributed by atoms with Gasteiger partial charge in [0.1, 0.15) is 11.4 Å². The van der Waals surface area contributed by atoms with Gasteiger partial charge in [-0.2, -0.15) is 0 Å². The van der Waals surface area contributed by atoms with Crippen molar-refractivity contribution in [1.29, 1.82) is 0 Å². The summed E-state index contributed by atoms with van der Waals surface area (Å²) >= 11 is 0. The third-order valence-electron chi connectivity index (χ3n) is 3.48. The van der Waals surface area contributed by atoms with Crippen molar-refractivity contribution in [3.8, 4) is 0 Å². The first-order valence-electron chi connectivity index (χ1n) is 6.41. The predicted molar refractivity (Wildman–Crippen MR) is 74.3 cm³/mol. The Morgan fingerprint density at radius 2 is 1.85 bits per heavy atom. The van der Waals surface area contributed by atoms with Crippen LogP contribution in [0.15, 0.2) is 24.3 Å². The molecule has 0 atom stereocenters. The van der Waals surface area contributed by atoms with Crippen molar-refractivity contribution >= 4 is 17.7 Å². The Bertz CT molecular complexity index is 501.